The first-order chi connectivity index (χ1) is 10.9. The summed E-state index contributed by atoms with van der Waals surface area (Å²) in [6, 6.07) is 10.7. The number of piperidine rings is 1. The van der Waals surface area contributed by atoms with E-state index in [4.69, 9.17) is 0 Å². The summed E-state index contributed by atoms with van der Waals surface area (Å²) in [5.74, 6) is 0.915. The van der Waals surface area contributed by atoms with E-state index in [1.165, 1.54) is 12.8 Å². The lowest BCUT2D eigenvalue weighted by atomic mass is 10.0. The maximum atomic E-state index is 4.25. The molecule has 0 atom stereocenters. The summed E-state index contributed by atoms with van der Waals surface area (Å²) >= 11 is 0. The Kier molecular flexibility index (Phi) is 6.95. The quantitative estimate of drug-likeness (QED) is 0.875. The molecule has 126 valence electrons. The third-order valence-corrected chi connectivity index (χ3v) is 4.22. The van der Waals surface area contributed by atoms with Crippen molar-refractivity contribution in [3.8, 4) is 5.69 Å². The second kappa shape index (κ2) is 8.96. The molecule has 1 aliphatic heterocycles. The van der Waals surface area contributed by atoms with Crippen molar-refractivity contribution in [2.24, 2.45) is 0 Å². The Balaban J connectivity index is 0.00000192. The van der Waals surface area contributed by atoms with E-state index < -0.39 is 0 Å². The molecule has 1 fully saturated rings. The van der Waals surface area contributed by atoms with Gasteiger partial charge in [-0.15, -0.1) is 17.5 Å². The summed E-state index contributed by atoms with van der Waals surface area (Å²) < 4.78 is 1.85. The number of benzene rings is 1. The zero-order valence-electron chi connectivity index (χ0n) is 13.6. The first-order valence-corrected chi connectivity index (χ1v) is 8.16. The highest BCUT2D eigenvalue weighted by Gasteiger charge is 2.22. The Morgan fingerprint density at radius 2 is 1.96 bits per heavy atom. The van der Waals surface area contributed by atoms with Crippen LogP contribution in [0.5, 0.6) is 0 Å². The highest BCUT2D eigenvalue weighted by Crippen LogP contribution is 2.16. The average Bonchev–Trinajstić information content (AvgIpc) is 3.04. The van der Waals surface area contributed by atoms with Crippen LogP contribution in [-0.2, 0) is 6.54 Å². The second-order valence-electron chi connectivity index (χ2n) is 5.79. The van der Waals surface area contributed by atoms with Gasteiger partial charge in [0.2, 0.25) is 0 Å². The lowest BCUT2D eigenvalue weighted by molar-refractivity contribution is 0.149. The first kappa shape index (κ1) is 17.8. The Labute approximate surface area is 143 Å². The Morgan fingerprint density at radius 1 is 1.22 bits per heavy atom. The molecule has 0 saturated carbocycles. The van der Waals surface area contributed by atoms with E-state index in [1.54, 1.807) is 0 Å². The molecule has 0 spiro atoms. The van der Waals surface area contributed by atoms with E-state index in [9.17, 15) is 0 Å². The van der Waals surface area contributed by atoms with Gasteiger partial charge in [0.1, 0.15) is 0 Å². The molecule has 0 radical (unpaired) electrons. The van der Waals surface area contributed by atoms with Crippen LogP contribution in [0, 0.1) is 0 Å². The predicted octanol–water partition coefficient (Wildman–Crippen LogP) is 2.05. The van der Waals surface area contributed by atoms with Crippen molar-refractivity contribution in [3.05, 3.63) is 36.2 Å². The number of halogens is 1. The number of nitrogens with zero attached hydrogens (tertiary/aromatic N) is 5. The van der Waals surface area contributed by atoms with E-state index in [2.05, 4.69) is 32.7 Å². The van der Waals surface area contributed by atoms with Crippen LogP contribution in [0.25, 0.3) is 5.69 Å². The van der Waals surface area contributed by atoms with Crippen LogP contribution in [-0.4, -0.2) is 50.8 Å². The van der Waals surface area contributed by atoms with E-state index in [-0.39, 0.29) is 12.4 Å². The van der Waals surface area contributed by atoms with E-state index in [1.807, 2.05) is 35.0 Å². The molecule has 23 heavy (non-hydrogen) atoms. The SMILES string of the molecule is CCCN(Cc1nnnn1-c1ccccc1)C1CCNCC1.Cl. The molecule has 1 aromatic heterocycles. The molecular weight excluding hydrogens is 312 g/mol. The Hall–Kier alpha value is -1.50. The summed E-state index contributed by atoms with van der Waals surface area (Å²) in [5, 5.41) is 15.7. The zero-order chi connectivity index (χ0) is 15.2. The lowest BCUT2D eigenvalue weighted by Crippen LogP contribution is -2.43. The highest BCUT2D eigenvalue weighted by molar-refractivity contribution is 5.85. The minimum Gasteiger partial charge on any atom is -0.317 e. The molecule has 7 heteroatoms. The molecule has 1 aromatic carbocycles. The third kappa shape index (κ3) is 4.50. The molecular formula is C16H25ClN6. The average molecular weight is 337 g/mol. The van der Waals surface area contributed by atoms with Gasteiger partial charge >= 0.3 is 0 Å². The van der Waals surface area contributed by atoms with E-state index in [0.29, 0.717) is 6.04 Å². The minimum absolute atomic E-state index is 0. The molecule has 0 amide bonds. The second-order valence-corrected chi connectivity index (χ2v) is 5.79. The molecule has 2 heterocycles. The monoisotopic (exact) mass is 336 g/mol. The van der Waals surface area contributed by atoms with E-state index >= 15 is 0 Å². The normalized spacial score (nSPS) is 15.6. The van der Waals surface area contributed by atoms with Crippen LogP contribution in [0.4, 0.5) is 0 Å². The van der Waals surface area contributed by atoms with Crippen molar-refractivity contribution in [1.82, 2.24) is 30.4 Å². The fourth-order valence-corrected chi connectivity index (χ4v) is 3.11. The summed E-state index contributed by atoms with van der Waals surface area (Å²) in [6.45, 7) is 6.34. The Bertz CT molecular complexity index is 567. The summed E-state index contributed by atoms with van der Waals surface area (Å²) in [7, 11) is 0. The van der Waals surface area contributed by atoms with Crippen LogP contribution < -0.4 is 5.32 Å². The van der Waals surface area contributed by atoms with Crippen LogP contribution in [0.15, 0.2) is 30.3 Å². The summed E-state index contributed by atoms with van der Waals surface area (Å²) in [5.41, 5.74) is 1.02. The largest absolute Gasteiger partial charge is 0.317 e. The number of hydrogen-bond acceptors (Lipinski definition) is 5. The van der Waals surface area contributed by atoms with Crippen LogP contribution in [0.1, 0.15) is 32.0 Å². The topological polar surface area (TPSA) is 58.9 Å². The Morgan fingerprint density at radius 3 is 2.65 bits per heavy atom. The molecule has 2 aromatic rings. The summed E-state index contributed by atoms with van der Waals surface area (Å²) in [6.07, 6.45) is 3.55. The molecule has 6 nitrogen and oxygen atoms in total. The van der Waals surface area contributed by atoms with Gasteiger partial charge in [-0.1, -0.05) is 25.1 Å². The third-order valence-electron chi connectivity index (χ3n) is 4.22. The molecule has 0 unspecified atom stereocenters. The summed E-state index contributed by atoms with van der Waals surface area (Å²) in [4.78, 5) is 2.53. The number of nitrogens with one attached hydrogen (secondary N) is 1. The number of hydrogen-bond donors (Lipinski definition) is 1. The maximum absolute atomic E-state index is 4.25. The van der Waals surface area contributed by atoms with Gasteiger partial charge in [0, 0.05) is 6.04 Å². The molecule has 3 rings (SSSR count). The van der Waals surface area contributed by atoms with Gasteiger partial charge in [-0.25, -0.2) is 0 Å². The minimum atomic E-state index is 0. The van der Waals surface area contributed by atoms with Crippen molar-refractivity contribution in [2.75, 3.05) is 19.6 Å². The van der Waals surface area contributed by atoms with Crippen molar-refractivity contribution in [3.63, 3.8) is 0 Å². The van der Waals surface area contributed by atoms with Gasteiger partial charge in [0.15, 0.2) is 5.82 Å². The first-order valence-electron chi connectivity index (χ1n) is 8.16. The maximum Gasteiger partial charge on any atom is 0.170 e. The highest BCUT2D eigenvalue weighted by atomic mass is 35.5. The molecule has 1 N–H and O–H groups in total. The van der Waals surface area contributed by atoms with Gasteiger partial charge in [-0.05, 0) is 61.5 Å². The van der Waals surface area contributed by atoms with E-state index in [0.717, 1.165) is 44.1 Å². The van der Waals surface area contributed by atoms with Crippen molar-refractivity contribution >= 4 is 12.4 Å². The number of aromatic nitrogens is 4. The van der Waals surface area contributed by atoms with Crippen LogP contribution in [0.2, 0.25) is 0 Å². The standard InChI is InChI=1S/C16H24N6.ClH/c1-2-12-21(14-8-10-17-11-9-14)13-16-18-19-20-22(16)15-6-4-3-5-7-15;/h3-7,14,17H,2,8-13H2,1H3;1H. The number of rotatable bonds is 6. The van der Waals surface area contributed by atoms with Gasteiger partial charge in [-0.2, -0.15) is 4.68 Å². The van der Waals surface area contributed by atoms with Gasteiger partial charge < -0.3 is 5.32 Å². The molecule has 0 bridgehead atoms. The molecule has 0 aliphatic carbocycles. The lowest BCUT2D eigenvalue weighted by Gasteiger charge is -2.34. The fraction of sp³-hybridized carbons (Fsp3) is 0.562. The predicted molar refractivity (Wildman–Crippen MR) is 93.0 cm³/mol. The fourth-order valence-electron chi connectivity index (χ4n) is 3.11. The number of tetrazole rings is 1. The van der Waals surface area contributed by atoms with Crippen LogP contribution >= 0.6 is 12.4 Å². The van der Waals surface area contributed by atoms with Crippen molar-refractivity contribution in [1.29, 1.82) is 0 Å². The zero-order valence-corrected chi connectivity index (χ0v) is 14.4. The van der Waals surface area contributed by atoms with Crippen molar-refractivity contribution in [2.45, 2.75) is 38.8 Å². The van der Waals surface area contributed by atoms with Gasteiger partial charge in [0.25, 0.3) is 0 Å². The van der Waals surface area contributed by atoms with Crippen LogP contribution in [0.3, 0.4) is 0 Å². The molecule has 1 saturated heterocycles. The van der Waals surface area contributed by atoms with Crippen molar-refractivity contribution < 1.29 is 0 Å². The molecule has 1 aliphatic rings. The van der Waals surface area contributed by atoms with Gasteiger partial charge in [-0.3, -0.25) is 4.90 Å². The smallest absolute Gasteiger partial charge is 0.170 e. The number of para-hydroxylation sites is 1. The van der Waals surface area contributed by atoms with Gasteiger partial charge in [0.05, 0.1) is 12.2 Å².